The number of amidine groups is 2. The summed E-state index contributed by atoms with van der Waals surface area (Å²) in [5, 5.41) is 12.4. The highest BCUT2D eigenvalue weighted by Crippen LogP contribution is 2.22. The zero-order valence-corrected chi connectivity index (χ0v) is 23.0. The van der Waals surface area contributed by atoms with Gasteiger partial charge in [0, 0.05) is 46.7 Å². The van der Waals surface area contributed by atoms with E-state index in [-0.39, 0.29) is 24.2 Å². The quantitative estimate of drug-likeness (QED) is 0.254. The van der Waals surface area contributed by atoms with E-state index in [1.54, 1.807) is 24.3 Å². The fourth-order valence-corrected chi connectivity index (χ4v) is 4.71. The summed E-state index contributed by atoms with van der Waals surface area (Å²) in [5.74, 6) is 1.34. The smallest absolute Gasteiger partial charge is 0.255 e. The minimum absolute atomic E-state index is 0. The summed E-state index contributed by atoms with van der Waals surface area (Å²) in [5.41, 5.74) is 6.35. The number of hydrogen-bond acceptors (Lipinski definition) is 6. The van der Waals surface area contributed by atoms with E-state index in [1.165, 1.54) is 0 Å². The van der Waals surface area contributed by atoms with Crippen LogP contribution in [0.15, 0.2) is 107 Å². The van der Waals surface area contributed by atoms with Crippen molar-refractivity contribution in [2.24, 2.45) is 9.98 Å². The van der Waals surface area contributed by atoms with Crippen molar-refractivity contribution in [2.75, 3.05) is 36.8 Å². The summed E-state index contributed by atoms with van der Waals surface area (Å²) in [7, 11) is 0. The van der Waals surface area contributed by atoms with Crippen LogP contribution in [0.4, 0.5) is 11.4 Å². The number of anilines is 2. The van der Waals surface area contributed by atoms with Crippen LogP contribution < -0.4 is 21.3 Å². The van der Waals surface area contributed by atoms with Gasteiger partial charge in [0.25, 0.3) is 11.8 Å². The fourth-order valence-electron chi connectivity index (χ4n) is 4.71. The lowest BCUT2D eigenvalue weighted by atomic mass is 10.0. The van der Waals surface area contributed by atoms with Crippen LogP contribution in [0.2, 0.25) is 0 Å². The van der Waals surface area contributed by atoms with Gasteiger partial charge in [0.05, 0.1) is 13.1 Å². The molecule has 0 aliphatic carbocycles. The SMILES string of the molecule is Cl.O=C(Nc1cccc(C2=NCCN2)c1)c1ccc(-c2ccc(C(=O)Nc3cccc(C4=NCCN4)c3)cc2)cc1. The van der Waals surface area contributed by atoms with Gasteiger partial charge in [-0.2, -0.15) is 0 Å². The van der Waals surface area contributed by atoms with Crippen LogP contribution in [0, 0.1) is 0 Å². The number of carbonyl (C=O) groups is 2. The first-order valence-electron chi connectivity index (χ1n) is 13.2. The van der Waals surface area contributed by atoms with E-state index >= 15 is 0 Å². The molecule has 9 heteroatoms. The maximum atomic E-state index is 12.8. The van der Waals surface area contributed by atoms with E-state index in [9.17, 15) is 9.59 Å². The minimum Gasteiger partial charge on any atom is -0.368 e. The van der Waals surface area contributed by atoms with E-state index in [2.05, 4.69) is 31.3 Å². The minimum atomic E-state index is -0.183. The molecule has 0 atom stereocenters. The van der Waals surface area contributed by atoms with Crippen LogP contribution in [0.1, 0.15) is 31.8 Å². The maximum Gasteiger partial charge on any atom is 0.255 e. The maximum absolute atomic E-state index is 12.8. The Morgan fingerprint density at radius 1 is 0.561 bits per heavy atom. The number of rotatable bonds is 7. The molecular weight excluding hydrogens is 536 g/mol. The third-order valence-corrected chi connectivity index (χ3v) is 6.76. The van der Waals surface area contributed by atoms with Crippen LogP contribution in [0.5, 0.6) is 0 Å². The lowest BCUT2D eigenvalue weighted by Crippen LogP contribution is -2.19. The van der Waals surface area contributed by atoms with Crippen LogP contribution in [0.3, 0.4) is 0 Å². The van der Waals surface area contributed by atoms with Gasteiger partial charge in [0.2, 0.25) is 0 Å². The molecule has 0 aromatic heterocycles. The Bertz CT molecular complexity index is 1510. The van der Waals surface area contributed by atoms with E-state index in [1.807, 2.05) is 72.8 Å². The second-order valence-electron chi connectivity index (χ2n) is 9.54. The van der Waals surface area contributed by atoms with Crippen molar-refractivity contribution in [1.29, 1.82) is 0 Å². The molecule has 2 heterocycles. The average Bonchev–Trinajstić information content (AvgIpc) is 3.73. The molecule has 4 aromatic carbocycles. The number of nitrogens with zero attached hydrogens (tertiary/aromatic N) is 2. The predicted molar refractivity (Wildman–Crippen MR) is 167 cm³/mol. The highest BCUT2D eigenvalue weighted by Gasteiger charge is 2.13. The van der Waals surface area contributed by atoms with E-state index < -0.39 is 0 Å². The van der Waals surface area contributed by atoms with Crippen molar-refractivity contribution in [1.82, 2.24) is 10.6 Å². The number of halogens is 1. The summed E-state index contributed by atoms with van der Waals surface area (Å²) in [6.07, 6.45) is 0. The summed E-state index contributed by atoms with van der Waals surface area (Å²) < 4.78 is 0. The van der Waals surface area contributed by atoms with Gasteiger partial charge in [-0.15, -0.1) is 12.4 Å². The predicted octanol–water partition coefficient (Wildman–Crippen LogP) is 4.98. The Labute approximate surface area is 244 Å². The monoisotopic (exact) mass is 564 g/mol. The number of carbonyl (C=O) groups excluding carboxylic acids is 2. The summed E-state index contributed by atoms with van der Waals surface area (Å²) in [6, 6.07) is 30.1. The first-order valence-corrected chi connectivity index (χ1v) is 13.2. The van der Waals surface area contributed by atoms with Crippen molar-refractivity contribution in [3.05, 3.63) is 119 Å². The van der Waals surface area contributed by atoms with E-state index in [4.69, 9.17) is 0 Å². The standard InChI is InChI=1S/C32H28N6O2.ClH/c39-31(37-27-5-1-3-25(19-27)29-33-15-16-34-29)23-11-7-21(8-12-23)22-9-13-24(14-10-22)32(40)38-28-6-2-4-26(20-28)30-35-17-18-36-30;/h1-14,19-20H,15-18H2,(H,33,34)(H,35,36)(H,37,39)(H,38,40);1H. The Balaban J connectivity index is 0.00000337. The van der Waals surface area contributed by atoms with Gasteiger partial charge >= 0.3 is 0 Å². The molecule has 6 rings (SSSR count). The molecule has 2 amide bonds. The van der Waals surface area contributed by atoms with Crippen molar-refractivity contribution < 1.29 is 9.59 Å². The second kappa shape index (κ2) is 12.5. The summed E-state index contributed by atoms with van der Waals surface area (Å²) in [4.78, 5) is 34.6. The Morgan fingerprint density at radius 2 is 0.976 bits per heavy atom. The lowest BCUT2D eigenvalue weighted by molar-refractivity contribution is 0.101. The van der Waals surface area contributed by atoms with Gasteiger partial charge in [-0.3, -0.25) is 19.6 Å². The molecule has 4 N–H and O–H groups in total. The van der Waals surface area contributed by atoms with Crippen molar-refractivity contribution in [2.45, 2.75) is 0 Å². The van der Waals surface area contributed by atoms with Crippen molar-refractivity contribution in [3.8, 4) is 11.1 Å². The summed E-state index contributed by atoms with van der Waals surface area (Å²) >= 11 is 0. The highest BCUT2D eigenvalue weighted by molar-refractivity contribution is 6.07. The number of nitrogens with one attached hydrogen (secondary N) is 4. The fraction of sp³-hybridized carbons (Fsp3) is 0.125. The van der Waals surface area contributed by atoms with Gasteiger partial charge in [0.15, 0.2) is 0 Å². The van der Waals surface area contributed by atoms with Crippen LogP contribution in [-0.2, 0) is 0 Å². The van der Waals surface area contributed by atoms with Gasteiger partial charge in [0.1, 0.15) is 11.7 Å². The average molecular weight is 565 g/mol. The largest absolute Gasteiger partial charge is 0.368 e. The summed E-state index contributed by atoms with van der Waals surface area (Å²) in [6.45, 7) is 3.18. The first kappa shape index (κ1) is 27.6. The molecule has 8 nitrogen and oxygen atoms in total. The molecule has 2 aliphatic heterocycles. The van der Waals surface area contributed by atoms with Gasteiger partial charge in [-0.25, -0.2) is 0 Å². The third kappa shape index (κ3) is 6.45. The Morgan fingerprint density at radius 3 is 1.34 bits per heavy atom. The zero-order valence-electron chi connectivity index (χ0n) is 22.2. The van der Waals surface area contributed by atoms with Crippen molar-refractivity contribution in [3.63, 3.8) is 0 Å². The van der Waals surface area contributed by atoms with Gasteiger partial charge in [-0.1, -0.05) is 48.5 Å². The number of amides is 2. The van der Waals surface area contributed by atoms with Crippen LogP contribution >= 0.6 is 12.4 Å². The van der Waals surface area contributed by atoms with Crippen LogP contribution in [-0.4, -0.2) is 49.7 Å². The molecular formula is C32H29ClN6O2. The topological polar surface area (TPSA) is 107 Å². The Hall–Kier alpha value is -4.95. The van der Waals surface area contributed by atoms with Crippen LogP contribution in [0.25, 0.3) is 11.1 Å². The van der Waals surface area contributed by atoms with E-state index in [0.29, 0.717) is 22.5 Å². The molecule has 0 saturated heterocycles. The Kier molecular flexibility index (Phi) is 8.41. The van der Waals surface area contributed by atoms with Gasteiger partial charge in [-0.05, 0) is 59.7 Å². The van der Waals surface area contributed by atoms with E-state index in [0.717, 1.165) is 60.1 Å². The second-order valence-corrected chi connectivity index (χ2v) is 9.54. The number of aliphatic imine (C=N–C) groups is 2. The molecule has 0 bridgehead atoms. The molecule has 206 valence electrons. The lowest BCUT2D eigenvalue weighted by Gasteiger charge is -2.10. The molecule has 2 aliphatic rings. The zero-order chi connectivity index (χ0) is 27.3. The third-order valence-electron chi connectivity index (χ3n) is 6.76. The molecule has 41 heavy (non-hydrogen) atoms. The normalized spacial score (nSPS) is 13.7. The molecule has 0 saturated carbocycles. The molecule has 0 unspecified atom stereocenters. The van der Waals surface area contributed by atoms with Crippen molar-refractivity contribution >= 4 is 47.3 Å². The molecule has 0 fully saturated rings. The highest BCUT2D eigenvalue weighted by atomic mass is 35.5. The molecule has 0 spiro atoms. The van der Waals surface area contributed by atoms with Gasteiger partial charge < -0.3 is 21.3 Å². The number of hydrogen-bond donors (Lipinski definition) is 4. The first-order chi connectivity index (χ1) is 19.6. The molecule has 0 radical (unpaired) electrons. The number of benzene rings is 4. The molecule has 4 aromatic rings.